The van der Waals surface area contributed by atoms with E-state index in [4.69, 9.17) is 5.11 Å². The fourth-order valence-corrected chi connectivity index (χ4v) is 0.890. The molecule has 0 aromatic carbocycles. The molecule has 0 aliphatic rings. The van der Waals surface area contributed by atoms with E-state index in [1.54, 1.807) is 0 Å². The van der Waals surface area contributed by atoms with Gasteiger partial charge in [0.15, 0.2) is 5.69 Å². The maximum Gasteiger partial charge on any atom is 0.435 e. The van der Waals surface area contributed by atoms with Crippen LogP contribution in [-0.2, 0) is 13.2 Å². The second-order valence-corrected chi connectivity index (χ2v) is 2.42. The number of rotatable bonds is 0. The number of aromatic hydroxyl groups is 1. The summed E-state index contributed by atoms with van der Waals surface area (Å²) in [5, 5.41) is 12.1. The van der Waals surface area contributed by atoms with Crippen LogP contribution in [0.4, 0.5) is 13.2 Å². The molecule has 0 fully saturated rings. The van der Waals surface area contributed by atoms with Gasteiger partial charge in [-0.05, 0) is 6.92 Å². The lowest BCUT2D eigenvalue weighted by Crippen LogP contribution is -2.08. The van der Waals surface area contributed by atoms with Crippen LogP contribution >= 0.6 is 0 Å². The molecule has 3 nitrogen and oxygen atoms in total. The topological polar surface area (TPSA) is 38.0 Å². The average molecular weight is 180 g/mol. The number of nitrogens with zero attached hydrogens (tertiary/aromatic N) is 2. The zero-order chi connectivity index (χ0) is 9.52. The first-order valence-corrected chi connectivity index (χ1v) is 3.13. The van der Waals surface area contributed by atoms with Crippen LogP contribution in [0.15, 0.2) is 0 Å². The molecule has 1 aromatic heterocycles. The van der Waals surface area contributed by atoms with Gasteiger partial charge in [0.1, 0.15) is 0 Å². The van der Waals surface area contributed by atoms with E-state index in [-0.39, 0.29) is 5.56 Å². The first kappa shape index (κ1) is 8.89. The molecule has 0 saturated heterocycles. The molecule has 6 heteroatoms. The molecule has 12 heavy (non-hydrogen) atoms. The highest BCUT2D eigenvalue weighted by atomic mass is 19.4. The van der Waals surface area contributed by atoms with Gasteiger partial charge in [0.05, 0.1) is 0 Å². The molecule has 0 bridgehead atoms. The molecule has 0 unspecified atom stereocenters. The van der Waals surface area contributed by atoms with Gasteiger partial charge in [0.25, 0.3) is 0 Å². The minimum atomic E-state index is -4.50. The van der Waals surface area contributed by atoms with Crippen LogP contribution in [0.25, 0.3) is 0 Å². The van der Waals surface area contributed by atoms with Gasteiger partial charge in [-0.25, -0.2) is 4.68 Å². The van der Waals surface area contributed by atoms with E-state index < -0.39 is 17.8 Å². The molecular formula is C6H7F3N2O. The Hall–Kier alpha value is -1.20. The second kappa shape index (κ2) is 2.40. The van der Waals surface area contributed by atoms with Crippen LogP contribution in [0.1, 0.15) is 11.3 Å². The minimum Gasteiger partial charge on any atom is -0.493 e. The third kappa shape index (κ3) is 1.24. The summed E-state index contributed by atoms with van der Waals surface area (Å²) in [5.41, 5.74) is -1.28. The molecule has 0 aliphatic heterocycles. The molecule has 0 aliphatic carbocycles. The van der Waals surface area contributed by atoms with Crippen molar-refractivity contribution in [3.8, 4) is 5.88 Å². The summed E-state index contributed by atoms with van der Waals surface area (Å²) in [5.74, 6) is -0.456. The highest BCUT2D eigenvalue weighted by molar-refractivity contribution is 5.30. The van der Waals surface area contributed by atoms with Crippen molar-refractivity contribution < 1.29 is 18.3 Å². The van der Waals surface area contributed by atoms with Crippen molar-refractivity contribution in [2.45, 2.75) is 13.1 Å². The predicted octanol–water partition coefficient (Wildman–Crippen LogP) is 1.45. The molecular weight excluding hydrogens is 173 g/mol. The van der Waals surface area contributed by atoms with Gasteiger partial charge >= 0.3 is 6.18 Å². The third-order valence-electron chi connectivity index (χ3n) is 1.52. The first-order valence-electron chi connectivity index (χ1n) is 3.13. The summed E-state index contributed by atoms with van der Waals surface area (Å²) in [7, 11) is 1.25. The normalized spacial score (nSPS) is 12.1. The van der Waals surface area contributed by atoms with E-state index >= 15 is 0 Å². The highest BCUT2D eigenvalue weighted by Crippen LogP contribution is 2.33. The van der Waals surface area contributed by atoms with Gasteiger partial charge in [-0.15, -0.1) is 0 Å². The Morgan fingerprint density at radius 2 is 1.92 bits per heavy atom. The SMILES string of the molecule is Cc1c(C(F)(F)F)nn(C)c1O. The van der Waals surface area contributed by atoms with Crippen molar-refractivity contribution in [2.75, 3.05) is 0 Å². The molecule has 0 saturated carbocycles. The Morgan fingerprint density at radius 3 is 2.08 bits per heavy atom. The van der Waals surface area contributed by atoms with Gasteiger partial charge in [-0.2, -0.15) is 18.3 Å². The van der Waals surface area contributed by atoms with E-state index in [9.17, 15) is 13.2 Å². The molecule has 1 rings (SSSR count). The molecule has 0 amide bonds. The summed E-state index contributed by atoms with van der Waals surface area (Å²) in [6.07, 6.45) is -4.50. The monoisotopic (exact) mass is 180 g/mol. The summed E-state index contributed by atoms with van der Waals surface area (Å²) >= 11 is 0. The van der Waals surface area contributed by atoms with Crippen LogP contribution in [-0.4, -0.2) is 14.9 Å². The van der Waals surface area contributed by atoms with Crippen molar-refractivity contribution >= 4 is 0 Å². The van der Waals surface area contributed by atoms with Gasteiger partial charge in [-0.3, -0.25) is 0 Å². The van der Waals surface area contributed by atoms with Gasteiger partial charge in [-0.1, -0.05) is 0 Å². The van der Waals surface area contributed by atoms with Crippen molar-refractivity contribution in [3.63, 3.8) is 0 Å². The summed E-state index contributed by atoms with van der Waals surface area (Å²) in [6.45, 7) is 1.17. The Morgan fingerprint density at radius 1 is 1.42 bits per heavy atom. The van der Waals surface area contributed by atoms with Gasteiger partial charge in [0.2, 0.25) is 5.88 Å². The standard InChI is InChI=1S/C6H7F3N2O/c1-3-4(6(7,8)9)10-11(2)5(3)12/h12H,1-2H3. The fraction of sp³-hybridized carbons (Fsp3) is 0.500. The lowest BCUT2D eigenvalue weighted by atomic mass is 10.2. The number of alkyl halides is 3. The Kier molecular flexibility index (Phi) is 1.78. The minimum absolute atomic E-state index is 0.245. The molecule has 68 valence electrons. The number of halogens is 3. The van der Waals surface area contributed by atoms with E-state index in [0.717, 1.165) is 4.68 Å². The van der Waals surface area contributed by atoms with E-state index in [1.807, 2.05) is 0 Å². The van der Waals surface area contributed by atoms with Crippen LogP contribution in [0, 0.1) is 6.92 Å². The maximum atomic E-state index is 12.1. The Labute approximate surface area is 66.4 Å². The lowest BCUT2D eigenvalue weighted by molar-refractivity contribution is -0.141. The molecule has 0 atom stereocenters. The Balaban J connectivity index is 3.28. The van der Waals surface area contributed by atoms with Crippen LogP contribution in [0.5, 0.6) is 5.88 Å². The summed E-state index contributed by atoms with van der Waals surface area (Å²) < 4.78 is 37.0. The van der Waals surface area contributed by atoms with E-state index in [1.165, 1.54) is 14.0 Å². The largest absolute Gasteiger partial charge is 0.493 e. The summed E-state index contributed by atoms with van der Waals surface area (Å²) in [6, 6.07) is 0. The zero-order valence-corrected chi connectivity index (χ0v) is 6.48. The molecule has 0 radical (unpaired) electrons. The van der Waals surface area contributed by atoms with Crippen LogP contribution in [0.3, 0.4) is 0 Å². The summed E-state index contributed by atoms with van der Waals surface area (Å²) in [4.78, 5) is 0. The predicted molar refractivity (Wildman–Crippen MR) is 34.6 cm³/mol. The smallest absolute Gasteiger partial charge is 0.435 e. The highest BCUT2D eigenvalue weighted by Gasteiger charge is 2.37. The van der Waals surface area contributed by atoms with Crippen molar-refractivity contribution in [3.05, 3.63) is 11.3 Å². The van der Waals surface area contributed by atoms with Crippen molar-refractivity contribution in [1.29, 1.82) is 0 Å². The van der Waals surface area contributed by atoms with Crippen LogP contribution < -0.4 is 0 Å². The molecule has 1 N–H and O–H groups in total. The fourth-order valence-electron chi connectivity index (χ4n) is 0.890. The van der Waals surface area contributed by atoms with E-state index in [0.29, 0.717) is 0 Å². The quantitative estimate of drug-likeness (QED) is 0.656. The van der Waals surface area contributed by atoms with Gasteiger partial charge in [0, 0.05) is 12.6 Å². The lowest BCUT2D eigenvalue weighted by Gasteiger charge is -2.01. The molecule has 1 aromatic rings. The second-order valence-electron chi connectivity index (χ2n) is 2.42. The molecule has 0 spiro atoms. The first-order chi connectivity index (χ1) is 5.34. The zero-order valence-electron chi connectivity index (χ0n) is 6.48. The number of aryl methyl sites for hydroxylation is 1. The average Bonchev–Trinajstić information content (AvgIpc) is 2.15. The number of hydrogen-bond donors (Lipinski definition) is 1. The maximum absolute atomic E-state index is 12.1. The number of aromatic nitrogens is 2. The Bertz CT molecular complexity index is 302. The van der Waals surface area contributed by atoms with E-state index in [2.05, 4.69) is 5.10 Å². The van der Waals surface area contributed by atoms with Crippen molar-refractivity contribution in [2.24, 2.45) is 7.05 Å². The van der Waals surface area contributed by atoms with Crippen molar-refractivity contribution in [1.82, 2.24) is 9.78 Å². The third-order valence-corrected chi connectivity index (χ3v) is 1.52. The van der Waals surface area contributed by atoms with Crippen LogP contribution in [0.2, 0.25) is 0 Å². The number of hydrogen-bond acceptors (Lipinski definition) is 2. The molecule has 1 heterocycles. The van der Waals surface area contributed by atoms with Gasteiger partial charge < -0.3 is 5.11 Å².